The fourth-order valence-corrected chi connectivity index (χ4v) is 1.44. The molecular weight excluding hydrogens is 264 g/mol. The third-order valence-corrected chi connectivity index (χ3v) is 2.41. The summed E-state index contributed by atoms with van der Waals surface area (Å²) >= 11 is 0. The van der Waals surface area contributed by atoms with Gasteiger partial charge in [-0.1, -0.05) is 6.08 Å². The maximum Gasteiger partial charge on any atom is 0.338 e. The molecular formula is C13H14N2O5. The lowest BCUT2D eigenvalue weighted by molar-refractivity contribution is -0.385. The molecule has 0 unspecified atom stereocenters. The summed E-state index contributed by atoms with van der Waals surface area (Å²) in [6, 6.07) is 3.86. The average molecular weight is 278 g/mol. The Hall–Kier alpha value is -2.70. The van der Waals surface area contributed by atoms with Gasteiger partial charge in [0.25, 0.3) is 11.6 Å². The minimum Gasteiger partial charge on any atom is -0.452 e. The van der Waals surface area contributed by atoms with Gasteiger partial charge in [-0.15, -0.1) is 6.58 Å². The Morgan fingerprint density at radius 1 is 1.50 bits per heavy atom. The number of benzene rings is 1. The third-order valence-electron chi connectivity index (χ3n) is 2.41. The van der Waals surface area contributed by atoms with Crippen LogP contribution >= 0.6 is 0 Å². The van der Waals surface area contributed by atoms with Crippen molar-refractivity contribution < 1.29 is 19.2 Å². The number of rotatable bonds is 6. The SMILES string of the molecule is C=CCNC(=O)COC(=O)c1ccc([N+](=O)[O-])c(C)c1. The number of hydrogen-bond donors (Lipinski definition) is 1. The van der Waals surface area contributed by atoms with Crippen LogP contribution in [0.15, 0.2) is 30.9 Å². The van der Waals surface area contributed by atoms with Crippen LogP contribution in [0.4, 0.5) is 5.69 Å². The molecule has 1 rings (SSSR count). The topological polar surface area (TPSA) is 98.5 Å². The van der Waals surface area contributed by atoms with E-state index in [1.807, 2.05) is 0 Å². The largest absolute Gasteiger partial charge is 0.452 e. The molecule has 0 atom stereocenters. The van der Waals surface area contributed by atoms with Gasteiger partial charge in [-0.05, 0) is 19.1 Å². The number of aryl methyl sites for hydroxylation is 1. The van der Waals surface area contributed by atoms with E-state index in [0.717, 1.165) is 0 Å². The minimum absolute atomic E-state index is 0.0784. The molecule has 0 aromatic heterocycles. The zero-order chi connectivity index (χ0) is 15.1. The molecule has 0 aliphatic carbocycles. The Kier molecular flexibility index (Phi) is 5.40. The van der Waals surface area contributed by atoms with Crippen LogP contribution in [0, 0.1) is 17.0 Å². The Morgan fingerprint density at radius 2 is 2.20 bits per heavy atom. The summed E-state index contributed by atoms with van der Waals surface area (Å²) in [7, 11) is 0. The smallest absolute Gasteiger partial charge is 0.338 e. The first-order chi connectivity index (χ1) is 9.45. The first-order valence-corrected chi connectivity index (χ1v) is 5.75. The molecule has 0 aliphatic heterocycles. The Morgan fingerprint density at radius 3 is 2.75 bits per heavy atom. The van der Waals surface area contributed by atoms with Gasteiger partial charge in [0.1, 0.15) is 0 Å². The van der Waals surface area contributed by atoms with E-state index in [1.54, 1.807) is 0 Å². The van der Waals surface area contributed by atoms with E-state index >= 15 is 0 Å². The van der Waals surface area contributed by atoms with Gasteiger partial charge in [-0.2, -0.15) is 0 Å². The number of carbonyl (C=O) groups excluding carboxylic acids is 2. The molecule has 0 aliphatic rings. The molecule has 1 aromatic carbocycles. The maximum absolute atomic E-state index is 11.7. The van der Waals surface area contributed by atoms with E-state index in [9.17, 15) is 19.7 Å². The highest BCUT2D eigenvalue weighted by Crippen LogP contribution is 2.19. The van der Waals surface area contributed by atoms with Crippen LogP contribution in [0.1, 0.15) is 15.9 Å². The van der Waals surface area contributed by atoms with Crippen LogP contribution in [0.3, 0.4) is 0 Å². The molecule has 0 heterocycles. The first-order valence-electron chi connectivity index (χ1n) is 5.75. The van der Waals surface area contributed by atoms with Crippen molar-refractivity contribution in [2.24, 2.45) is 0 Å². The number of nitrogens with one attached hydrogen (secondary N) is 1. The molecule has 0 fully saturated rings. The molecule has 106 valence electrons. The highest BCUT2D eigenvalue weighted by Gasteiger charge is 2.15. The third kappa shape index (κ3) is 4.20. The summed E-state index contributed by atoms with van der Waals surface area (Å²) in [6.45, 7) is 4.82. The van der Waals surface area contributed by atoms with E-state index in [-0.39, 0.29) is 17.8 Å². The van der Waals surface area contributed by atoms with Crippen LogP contribution in [-0.2, 0) is 9.53 Å². The van der Waals surface area contributed by atoms with Gasteiger partial charge < -0.3 is 10.1 Å². The van der Waals surface area contributed by atoms with Crippen molar-refractivity contribution in [1.29, 1.82) is 0 Å². The van der Waals surface area contributed by atoms with Crippen molar-refractivity contribution in [2.75, 3.05) is 13.2 Å². The molecule has 0 bridgehead atoms. The number of carbonyl (C=O) groups is 2. The average Bonchev–Trinajstić information content (AvgIpc) is 2.41. The van der Waals surface area contributed by atoms with Crippen LogP contribution in [0.5, 0.6) is 0 Å². The van der Waals surface area contributed by atoms with Crippen molar-refractivity contribution in [3.8, 4) is 0 Å². The van der Waals surface area contributed by atoms with Gasteiger partial charge >= 0.3 is 5.97 Å². The maximum atomic E-state index is 11.7. The van der Waals surface area contributed by atoms with Crippen LogP contribution in [-0.4, -0.2) is 30.0 Å². The van der Waals surface area contributed by atoms with E-state index in [4.69, 9.17) is 4.74 Å². The number of ether oxygens (including phenoxy) is 1. The van der Waals surface area contributed by atoms with Crippen molar-refractivity contribution in [2.45, 2.75) is 6.92 Å². The molecule has 20 heavy (non-hydrogen) atoms. The summed E-state index contributed by atoms with van der Waals surface area (Å²) in [4.78, 5) is 33.0. The lowest BCUT2D eigenvalue weighted by atomic mass is 10.1. The number of nitrogens with zero attached hydrogens (tertiary/aromatic N) is 1. The van der Waals surface area contributed by atoms with Gasteiger partial charge in [0.05, 0.1) is 10.5 Å². The standard InChI is InChI=1S/C13H14N2O5/c1-3-6-14-12(16)8-20-13(17)10-4-5-11(15(18)19)9(2)7-10/h3-5,7H,1,6,8H2,2H3,(H,14,16). The highest BCUT2D eigenvalue weighted by atomic mass is 16.6. The zero-order valence-corrected chi connectivity index (χ0v) is 10.9. The summed E-state index contributed by atoms with van der Waals surface area (Å²) in [5.41, 5.74) is 0.426. The lowest BCUT2D eigenvalue weighted by Crippen LogP contribution is -2.28. The van der Waals surface area contributed by atoms with E-state index in [0.29, 0.717) is 5.56 Å². The summed E-state index contributed by atoms with van der Waals surface area (Å²) in [6.07, 6.45) is 1.50. The summed E-state index contributed by atoms with van der Waals surface area (Å²) in [5, 5.41) is 13.1. The fourth-order valence-electron chi connectivity index (χ4n) is 1.44. The molecule has 7 nitrogen and oxygen atoms in total. The molecule has 7 heteroatoms. The highest BCUT2D eigenvalue weighted by molar-refractivity contribution is 5.91. The van der Waals surface area contributed by atoms with Gasteiger partial charge in [0.15, 0.2) is 6.61 Å². The summed E-state index contributed by atoms with van der Waals surface area (Å²) < 4.78 is 4.79. The van der Waals surface area contributed by atoms with Gasteiger partial charge in [0.2, 0.25) is 0 Å². The monoisotopic (exact) mass is 278 g/mol. The number of nitro benzene ring substituents is 1. The van der Waals surface area contributed by atoms with E-state index < -0.39 is 23.4 Å². The second kappa shape index (κ2) is 7.03. The predicted octanol–water partition coefficient (Wildman–Crippen LogP) is 1.36. The van der Waals surface area contributed by atoms with Crippen LogP contribution in [0.25, 0.3) is 0 Å². The predicted molar refractivity (Wildman–Crippen MR) is 71.3 cm³/mol. The zero-order valence-electron chi connectivity index (χ0n) is 10.9. The van der Waals surface area contributed by atoms with Crippen molar-refractivity contribution >= 4 is 17.6 Å². The quantitative estimate of drug-likeness (QED) is 0.366. The Bertz CT molecular complexity index is 554. The van der Waals surface area contributed by atoms with Gasteiger partial charge in [-0.25, -0.2) is 4.79 Å². The normalized spacial score (nSPS) is 9.65. The Balaban J connectivity index is 2.64. The van der Waals surface area contributed by atoms with Gasteiger partial charge in [-0.3, -0.25) is 14.9 Å². The molecule has 0 radical (unpaired) electrons. The number of amides is 1. The second-order valence-corrected chi connectivity index (χ2v) is 3.93. The molecule has 0 saturated carbocycles. The second-order valence-electron chi connectivity index (χ2n) is 3.93. The molecule has 1 aromatic rings. The number of esters is 1. The van der Waals surface area contributed by atoms with Gasteiger partial charge in [0, 0.05) is 18.2 Å². The van der Waals surface area contributed by atoms with Crippen molar-refractivity contribution in [3.63, 3.8) is 0 Å². The minimum atomic E-state index is -0.711. The van der Waals surface area contributed by atoms with Crippen LogP contribution < -0.4 is 5.32 Å². The molecule has 1 amide bonds. The molecule has 0 spiro atoms. The first kappa shape index (κ1) is 15.4. The lowest BCUT2D eigenvalue weighted by Gasteiger charge is -2.05. The van der Waals surface area contributed by atoms with E-state index in [2.05, 4.69) is 11.9 Å². The number of hydrogen-bond acceptors (Lipinski definition) is 5. The molecule has 1 N–H and O–H groups in total. The van der Waals surface area contributed by atoms with E-state index in [1.165, 1.54) is 31.2 Å². The van der Waals surface area contributed by atoms with Crippen LogP contribution in [0.2, 0.25) is 0 Å². The van der Waals surface area contributed by atoms with Crippen molar-refractivity contribution in [1.82, 2.24) is 5.32 Å². The summed E-state index contributed by atoms with van der Waals surface area (Å²) in [5.74, 6) is -1.16. The number of nitro groups is 1. The Labute approximate surface area is 115 Å². The molecule has 0 saturated heterocycles. The fraction of sp³-hybridized carbons (Fsp3) is 0.231. The van der Waals surface area contributed by atoms with Crippen molar-refractivity contribution in [3.05, 3.63) is 52.1 Å².